The summed E-state index contributed by atoms with van der Waals surface area (Å²) in [5.41, 5.74) is 7.29. The molecule has 1 aromatic heterocycles. The molecule has 7 heteroatoms. The maximum absolute atomic E-state index is 15.1. The predicted molar refractivity (Wildman–Crippen MR) is 160 cm³/mol. The number of hydrogen-bond donors (Lipinski definition) is 2. The van der Waals surface area contributed by atoms with E-state index in [4.69, 9.17) is 28.6 Å². The molecule has 196 valence electrons. The lowest BCUT2D eigenvalue weighted by Crippen LogP contribution is -2.24. The van der Waals surface area contributed by atoms with Gasteiger partial charge in [-0.05, 0) is 72.5 Å². The largest absolute Gasteiger partial charge is 0.359 e. The standard InChI is InChI=1S/C32H27Cl2FN4/c1-4-7-22-16-31-30(18-28(22)35)38(19-23-8-5-6-9-27(23)34)32(36)39(31)25-13-10-21(11-14-25)26-17-24(33)12-15-29(26)37-20(2)3/h4-6,8-18,36-37H,1-2,7,19H2,3H3. The molecule has 0 aliphatic rings. The Morgan fingerprint density at radius 3 is 2.41 bits per heavy atom. The molecule has 5 rings (SSSR count). The Balaban J connectivity index is 1.67. The van der Waals surface area contributed by atoms with Crippen molar-refractivity contribution in [3.8, 4) is 16.8 Å². The summed E-state index contributed by atoms with van der Waals surface area (Å²) < 4.78 is 18.7. The van der Waals surface area contributed by atoms with Gasteiger partial charge in [-0.1, -0.05) is 66.2 Å². The zero-order chi connectivity index (χ0) is 27.7. The minimum absolute atomic E-state index is 0.209. The van der Waals surface area contributed by atoms with Gasteiger partial charge in [-0.15, -0.1) is 6.58 Å². The van der Waals surface area contributed by atoms with Crippen molar-refractivity contribution >= 4 is 39.9 Å². The first-order valence-corrected chi connectivity index (χ1v) is 13.2. The van der Waals surface area contributed by atoms with Gasteiger partial charge in [-0.2, -0.15) is 0 Å². The van der Waals surface area contributed by atoms with Crippen molar-refractivity contribution < 1.29 is 4.39 Å². The van der Waals surface area contributed by atoms with Crippen LogP contribution in [0.2, 0.25) is 10.0 Å². The summed E-state index contributed by atoms with van der Waals surface area (Å²) in [6.07, 6.45) is 2.06. The SMILES string of the molecule is C=CCc1cc2c(cc1F)n(Cc1ccccc1Cl)c(=N)n2-c1ccc(-c2cc(Cl)ccc2NC(=C)C)cc1. The van der Waals surface area contributed by atoms with Gasteiger partial charge in [0.1, 0.15) is 5.82 Å². The quantitative estimate of drug-likeness (QED) is 0.184. The molecule has 0 aliphatic heterocycles. The first kappa shape index (κ1) is 26.5. The smallest absolute Gasteiger partial charge is 0.208 e. The van der Waals surface area contributed by atoms with Crippen LogP contribution >= 0.6 is 23.2 Å². The lowest BCUT2D eigenvalue weighted by atomic mass is 10.0. The maximum Gasteiger partial charge on any atom is 0.208 e. The van der Waals surface area contributed by atoms with E-state index < -0.39 is 0 Å². The van der Waals surface area contributed by atoms with Gasteiger partial charge in [-0.3, -0.25) is 9.98 Å². The summed E-state index contributed by atoms with van der Waals surface area (Å²) in [6, 6.07) is 24.3. The zero-order valence-electron chi connectivity index (χ0n) is 21.4. The summed E-state index contributed by atoms with van der Waals surface area (Å²) in [7, 11) is 0. The van der Waals surface area contributed by atoms with Gasteiger partial charge < -0.3 is 9.88 Å². The van der Waals surface area contributed by atoms with Crippen LogP contribution in [0.4, 0.5) is 10.1 Å². The number of rotatable bonds is 8. The lowest BCUT2D eigenvalue weighted by Gasteiger charge is -2.13. The summed E-state index contributed by atoms with van der Waals surface area (Å²) in [5, 5.41) is 13.6. The van der Waals surface area contributed by atoms with Crippen molar-refractivity contribution in [1.29, 1.82) is 5.41 Å². The monoisotopic (exact) mass is 556 g/mol. The summed E-state index contributed by atoms with van der Waals surface area (Å²) in [5.74, 6) is -0.332. The molecular formula is C32H27Cl2FN4. The molecule has 0 unspecified atom stereocenters. The minimum Gasteiger partial charge on any atom is -0.359 e. The Labute approximate surface area is 236 Å². The number of fused-ring (bicyclic) bond motifs is 1. The van der Waals surface area contributed by atoms with E-state index in [1.165, 1.54) is 6.07 Å². The van der Waals surface area contributed by atoms with Crippen molar-refractivity contribution in [2.24, 2.45) is 0 Å². The fraction of sp³-hybridized carbons (Fsp3) is 0.0938. The van der Waals surface area contributed by atoms with Crippen molar-refractivity contribution in [1.82, 2.24) is 9.13 Å². The average molecular weight is 558 g/mol. The molecule has 0 amide bonds. The van der Waals surface area contributed by atoms with Gasteiger partial charge in [-0.25, -0.2) is 4.39 Å². The van der Waals surface area contributed by atoms with E-state index in [9.17, 15) is 0 Å². The van der Waals surface area contributed by atoms with E-state index in [1.54, 1.807) is 16.7 Å². The number of aromatic nitrogens is 2. The summed E-state index contributed by atoms with van der Waals surface area (Å²) in [4.78, 5) is 0. The molecular weight excluding hydrogens is 530 g/mol. The minimum atomic E-state index is -0.332. The van der Waals surface area contributed by atoms with Crippen LogP contribution in [-0.2, 0) is 13.0 Å². The van der Waals surface area contributed by atoms with E-state index in [1.807, 2.05) is 78.2 Å². The Kier molecular flexibility index (Phi) is 7.47. The molecule has 1 heterocycles. The molecule has 0 atom stereocenters. The van der Waals surface area contributed by atoms with Gasteiger partial charge >= 0.3 is 0 Å². The maximum atomic E-state index is 15.1. The van der Waals surface area contributed by atoms with Gasteiger partial charge in [0.15, 0.2) is 0 Å². The average Bonchev–Trinajstić information content (AvgIpc) is 3.16. The normalized spacial score (nSPS) is 11.1. The molecule has 0 spiro atoms. The van der Waals surface area contributed by atoms with Gasteiger partial charge in [0, 0.05) is 38.7 Å². The number of halogens is 3. The van der Waals surface area contributed by atoms with Crippen LogP contribution in [0.15, 0.2) is 104 Å². The van der Waals surface area contributed by atoms with E-state index >= 15 is 4.39 Å². The Morgan fingerprint density at radius 1 is 0.974 bits per heavy atom. The molecule has 0 saturated heterocycles. The number of imidazole rings is 1. The van der Waals surface area contributed by atoms with E-state index in [2.05, 4.69) is 18.5 Å². The van der Waals surface area contributed by atoms with Crippen LogP contribution in [0.1, 0.15) is 18.1 Å². The second-order valence-corrected chi connectivity index (χ2v) is 10.2. The van der Waals surface area contributed by atoms with Gasteiger partial charge in [0.25, 0.3) is 0 Å². The second-order valence-electron chi connectivity index (χ2n) is 9.40. The van der Waals surface area contributed by atoms with Gasteiger partial charge in [0.2, 0.25) is 5.62 Å². The van der Waals surface area contributed by atoms with Crippen molar-refractivity contribution in [3.05, 3.63) is 136 Å². The van der Waals surface area contributed by atoms with Crippen LogP contribution in [0.25, 0.3) is 27.8 Å². The molecule has 0 radical (unpaired) electrons. The highest BCUT2D eigenvalue weighted by molar-refractivity contribution is 6.31. The molecule has 4 nitrogen and oxygen atoms in total. The van der Waals surface area contributed by atoms with Crippen molar-refractivity contribution in [3.63, 3.8) is 0 Å². The fourth-order valence-corrected chi connectivity index (χ4v) is 5.12. The van der Waals surface area contributed by atoms with E-state index in [-0.39, 0.29) is 11.4 Å². The van der Waals surface area contributed by atoms with Crippen LogP contribution in [-0.4, -0.2) is 9.13 Å². The molecule has 5 aromatic rings. The van der Waals surface area contributed by atoms with Crippen molar-refractivity contribution in [2.45, 2.75) is 19.9 Å². The molecule has 0 saturated carbocycles. The third-order valence-corrected chi connectivity index (χ3v) is 7.16. The Bertz CT molecular complexity index is 1780. The molecule has 0 bridgehead atoms. The lowest BCUT2D eigenvalue weighted by molar-refractivity contribution is 0.615. The van der Waals surface area contributed by atoms with Crippen LogP contribution < -0.4 is 10.9 Å². The molecule has 2 N–H and O–H groups in total. The van der Waals surface area contributed by atoms with Crippen molar-refractivity contribution in [2.75, 3.05) is 5.32 Å². The number of anilines is 1. The summed E-state index contributed by atoms with van der Waals surface area (Å²) >= 11 is 12.8. The zero-order valence-corrected chi connectivity index (χ0v) is 23.0. The number of hydrogen-bond acceptors (Lipinski definition) is 2. The summed E-state index contributed by atoms with van der Waals surface area (Å²) in [6.45, 7) is 9.95. The van der Waals surface area contributed by atoms with Crippen LogP contribution in [0.3, 0.4) is 0 Å². The Hall–Kier alpha value is -4.06. The molecule has 0 aliphatic carbocycles. The third kappa shape index (κ3) is 5.29. The molecule has 4 aromatic carbocycles. The number of allylic oxidation sites excluding steroid dienone is 2. The van der Waals surface area contributed by atoms with Gasteiger partial charge in [0.05, 0.1) is 17.6 Å². The highest BCUT2D eigenvalue weighted by Crippen LogP contribution is 2.33. The highest BCUT2D eigenvalue weighted by atomic mass is 35.5. The second kappa shape index (κ2) is 11.0. The van der Waals surface area contributed by atoms with Crippen LogP contribution in [0, 0.1) is 11.2 Å². The number of benzene rings is 4. The third-order valence-electron chi connectivity index (χ3n) is 6.56. The topological polar surface area (TPSA) is 45.7 Å². The first-order chi connectivity index (χ1) is 18.8. The fourth-order valence-electron chi connectivity index (χ4n) is 4.75. The number of nitrogens with zero attached hydrogens (tertiary/aromatic N) is 2. The first-order valence-electron chi connectivity index (χ1n) is 12.4. The Morgan fingerprint density at radius 2 is 1.72 bits per heavy atom. The van der Waals surface area contributed by atoms with E-state index in [0.717, 1.165) is 39.3 Å². The molecule has 0 fully saturated rings. The van der Waals surface area contributed by atoms with Crippen LogP contribution in [0.5, 0.6) is 0 Å². The van der Waals surface area contributed by atoms with E-state index in [0.29, 0.717) is 34.1 Å². The predicted octanol–water partition coefficient (Wildman–Crippen LogP) is 8.75. The molecule has 39 heavy (non-hydrogen) atoms. The highest BCUT2D eigenvalue weighted by Gasteiger charge is 2.17. The number of nitrogens with one attached hydrogen (secondary N) is 2.